The fourth-order valence-electron chi connectivity index (χ4n) is 3.69. The third kappa shape index (κ3) is 15.7. The highest BCUT2D eigenvalue weighted by molar-refractivity contribution is 9.09. The highest BCUT2D eigenvalue weighted by Gasteiger charge is 2.08. The van der Waals surface area contributed by atoms with Gasteiger partial charge < -0.3 is 20.8 Å². The first-order valence-corrected chi connectivity index (χ1v) is 13.8. The number of alkyl halides is 1. The molecule has 0 aliphatic rings. The highest BCUT2D eigenvalue weighted by atomic mass is 79.9. The van der Waals surface area contributed by atoms with E-state index in [4.69, 9.17) is 5.11 Å². The first-order chi connectivity index (χ1) is 15.7. The maximum Gasteiger partial charge on any atom is 0.251 e. The van der Waals surface area contributed by atoms with Gasteiger partial charge in [-0.25, -0.2) is 0 Å². The van der Waals surface area contributed by atoms with Gasteiger partial charge in [-0.05, 0) is 37.1 Å². The lowest BCUT2D eigenvalue weighted by Crippen LogP contribution is -2.33. The molecule has 0 saturated carbocycles. The number of aliphatic hydroxyl groups is 2. The molecule has 5 nitrogen and oxygen atoms in total. The molecule has 0 bridgehead atoms. The molecule has 0 saturated heterocycles. The molecule has 0 heterocycles. The quantitative estimate of drug-likeness (QED) is 0.119. The first kappa shape index (κ1) is 28.9. The molecule has 0 aliphatic heterocycles. The molecule has 1 rings (SSSR count). The van der Waals surface area contributed by atoms with Crippen molar-refractivity contribution in [1.82, 2.24) is 5.32 Å². The summed E-state index contributed by atoms with van der Waals surface area (Å²) in [5, 5.41) is 25.2. The van der Waals surface area contributed by atoms with Crippen molar-refractivity contribution >= 4 is 27.5 Å². The Labute approximate surface area is 203 Å². The van der Waals surface area contributed by atoms with Crippen molar-refractivity contribution in [2.45, 2.75) is 96.0 Å². The third-order valence-corrected chi connectivity index (χ3v) is 6.31. The Bertz CT molecular complexity index is 569. The number of hydrogen-bond donors (Lipinski definition) is 4. The Kier molecular flexibility index (Phi) is 18.5. The summed E-state index contributed by atoms with van der Waals surface area (Å²) >= 11 is 3.49. The Morgan fingerprint density at radius 3 is 1.72 bits per heavy atom. The molecule has 4 N–H and O–H groups in total. The zero-order chi connectivity index (χ0) is 23.3. The second-order valence-corrected chi connectivity index (χ2v) is 9.48. The van der Waals surface area contributed by atoms with Gasteiger partial charge in [-0.15, -0.1) is 0 Å². The van der Waals surface area contributed by atoms with Gasteiger partial charge in [-0.1, -0.05) is 93.0 Å². The van der Waals surface area contributed by atoms with E-state index in [1.807, 2.05) is 12.1 Å². The van der Waals surface area contributed by atoms with Crippen molar-refractivity contribution in [2.24, 2.45) is 0 Å². The minimum absolute atomic E-state index is 0.0489. The van der Waals surface area contributed by atoms with Crippen LogP contribution in [0.5, 0.6) is 0 Å². The fraction of sp³-hybridized carbons (Fsp3) is 0.731. The summed E-state index contributed by atoms with van der Waals surface area (Å²) in [7, 11) is 0. The monoisotopic (exact) mass is 512 g/mol. The van der Waals surface area contributed by atoms with Crippen molar-refractivity contribution in [2.75, 3.05) is 30.3 Å². The third-order valence-electron chi connectivity index (χ3n) is 5.75. The lowest BCUT2D eigenvalue weighted by atomic mass is 10.0. The zero-order valence-electron chi connectivity index (χ0n) is 19.8. The van der Waals surface area contributed by atoms with Gasteiger partial charge in [-0.2, -0.15) is 0 Å². The minimum atomic E-state index is -0.923. The van der Waals surface area contributed by atoms with Crippen molar-refractivity contribution in [3.63, 3.8) is 0 Å². The molecule has 0 fully saturated rings. The van der Waals surface area contributed by atoms with E-state index in [0.717, 1.165) is 24.0 Å². The van der Waals surface area contributed by atoms with Crippen LogP contribution in [0.1, 0.15) is 100 Å². The first-order valence-electron chi connectivity index (χ1n) is 12.6. The number of rotatable bonds is 21. The number of unbranched alkanes of at least 4 members (excludes halogenated alkanes) is 13. The van der Waals surface area contributed by atoms with Crippen LogP contribution in [0.2, 0.25) is 0 Å². The van der Waals surface area contributed by atoms with Gasteiger partial charge in [0, 0.05) is 29.7 Å². The number of nitrogens with one attached hydrogen (secondary N) is 2. The predicted octanol–water partition coefficient (Wildman–Crippen LogP) is 6.04. The zero-order valence-corrected chi connectivity index (χ0v) is 21.4. The summed E-state index contributed by atoms with van der Waals surface area (Å²) in [5.41, 5.74) is 1.56. The van der Waals surface area contributed by atoms with E-state index in [1.54, 1.807) is 12.1 Å². The molecule has 1 atom stereocenters. The second kappa shape index (κ2) is 20.5. The maximum atomic E-state index is 12.0. The maximum absolute atomic E-state index is 12.0. The topological polar surface area (TPSA) is 81.6 Å². The van der Waals surface area contributed by atoms with E-state index in [2.05, 4.69) is 26.6 Å². The van der Waals surface area contributed by atoms with Crippen LogP contribution in [0.4, 0.5) is 5.69 Å². The largest absolute Gasteiger partial charge is 0.394 e. The summed E-state index contributed by atoms with van der Waals surface area (Å²) in [6.07, 6.45) is 18.1. The van der Waals surface area contributed by atoms with Crippen molar-refractivity contribution in [1.29, 1.82) is 0 Å². The van der Waals surface area contributed by atoms with Crippen LogP contribution in [0.15, 0.2) is 24.3 Å². The highest BCUT2D eigenvalue weighted by Crippen LogP contribution is 2.14. The molecule has 0 aliphatic carbocycles. The van der Waals surface area contributed by atoms with Crippen molar-refractivity contribution in [3.8, 4) is 0 Å². The van der Waals surface area contributed by atoms with E-state index in [9.17, 15) is 9.90 Å². The van der Waals surface area contributed by atoms with E-state index in [0.29, 0.717) is 5.56 Å². The normalized spacial score (nSPS) is 12.0. The Hall–Kier alpha value is -1.11. The molecule has 1 aromatic carbocycles. The summed E-state index contributed by atoms with van der Waals surface area (Å²) in [4.78, 5) is 12.0. The van der Waals surface area contributed by atoms with Gasteiger partial charge >= 0.3 is 0 Å². The van der Waals surface area contributed by atoms with Crippen LogP contribution in [0, 0.1) is 0 Å². The lowest BCUT2D eigenvalue weighted by molar-refractivity contribution is 0.0802. The summed E-state index contributed by atoms with van der Waals surface area (Å²) in [6, 6.07) is 7.35. The van der Waals surface area contributed by atoms with Crippen LogP contribution < -0.4 is 10.6 Å². The molecule has 1 aromatic rings. The number of amides is 1. The van der Waals surface area contributed by atoms with Crippen LogP contribution in [-0.4, -0.2) is 47.3 Å². The molecule has 6 heteroatoms. The van der Waals surface area contributed by atoms with E-state index in [-0.39, 0.29) is 19.1 Å². The number of benzene rings is 1. The van der Waals surface area contributed by atoms with Gasteiger partial charge in [0.15, 0.2) is 0 Å². The molecule has 0 spiro atoms. The SMILES string of the molecule is O=C(NCC(O)CO)c1ccc(NCCCCCCCCCCCCCCCCBr)cc1. The van der Waals surface area contributed by atoms with Crippen LogP contribution in [0.3, 0.4) is 0 Å². The van der Waals surface area contributed by atoms with Gasteiger partial charge in [0.2, 0.25) is 0 Å². The Balaban J connectivity index is 1.92. The number of carbonyl (C=O) groups is 1. The number of hydrogen-bond acceptors (Lipinski definition) is 4. The smallest absolute Gasteiger partial charge is 0.251 e. The molecule has 32 heavy (non-hydrogen) atoms. The molecule has 0 aromatic heterocycles. The predicted molar refractivity (Wildman–Crippen MR) is 139 cm³/mol. The van der Waals surface area contributed by atoms with E-state index >= 15 is 0 Å². The summed E-state index contributed by atoms with van der Waals surface area (Å²) in [5.74, 6) is -0.245. The Morgan fingerprint density at radius 2 is 1.25 bits per heavy atom. The molecular weight excluding hydrogens is 468 g/mol. The summed E-state index contributed by atoms with van der Waals surface area (Å²) in [6.45, 7) is 0.638. The molecule has 1 unspecified atom stereocenters. The average Bonchev–Trinajstić information content (AvgIpc) is 2.82. The minimum Gasteiger partial charge on any atom is -0.394 e. The number of halogens is 1. The van der Waals surface area contributed by atoms with Gasteiger partial charge in [0.25, 0.3) is 5.91 Å². The van der Waals surface area contributed by atoms with Gasteiger partial charge in [0.1, 0.15) is 0 Å². The molecule has 1 amide bonds. The van der Waals surface area contributed by atoms with Crippen molar-refractivity contribution < 1.29 is 15.0 Å². The summed E-state index contributed by atoms with van der Waals surface area (Å²) < 4.78 is 0. The van der Waals surface area contributed by atoms with E-state index in [1.165, 1.54) is 83.5 Å². The van der Waals surface area contributed by atoms with Gasteiger partial charge in [0.05, 0.1) is 12.7 Å². The molecular formula is C26H45BrN2O3. The van der Waals surface area contributed by atoms with Gasteiger partial charge in [-0.3, -0.25) is 4.79 Å². The standard InChI is InChI=1S/C26H45BrN2O3/c27-19-13-11-9-7-5-3-1-2-4-6-8-10-12-14-20-28-24-17-15-23(16-18-24)26(32)29-21-25(31)22-30/h15-18,25,28,30-31H,1-14,19-22H2,(H,29,32). The number of aliphatic hydroxyl groups excluding tert-OH is 2. The van der Waals surface area contributed by atoms with Crippen LogP contribution in [-0.2, 0) is 0 Å². The lowest BCUT2D eigenvalue weighted by Gasteiger charge is -2.10. The van der Waals surface area contributed by atoms with Crippen molar-refractivity contribution in [3.05, 3.63) is 29.8 Å². The average molecular weight is 514 g/mol. The number of carbonyl (C=O) groups excluding carboxylic acids is 1. The molecule has 184 valence electrons. The Morgan fingerprint density at radius 1 is 0.781 bits per heavy atom. The second-order valence-electron chi connectivity index (χ2n) is 8.69. The number of anilines is 1. The van der Waals surface area contributed by atoms with Crippen LogP contribution in [0.25, 0.3) is 0 Å². The molecule has 0 radical (unpaired) electrons. The van der Waals surface area contributed by atoms with E-state index < -0.39 is 6.10 Å². The van der Waals surface area contributed by atoms with Crippen LogP contribution >= 0.6 is 15.9 Å². The fourth-order valence-corrected chi connectivity index (χ4v) is 4.09.